The number of nitrogens with zero attached hydrogens (tertiary/aromatic N) is 2. The largest absolute Gasteiger partial charge is 0.464 e. The monoisotopic (exact) mass is 554 g/mol. The lowest BCUT2D eigenvalue weighted by Crippen LogP contribution is -2.05. The Kier molecular flexibility index (Phi) is 5.28. The van der Waals surface area contributed by atoms with Gasteiger partial charge >= 0.3 is 6.18 Å². The van der Waals surface area contributed by atoms with Crippen LogP contribution in [-0.2, 0) is 6.18 Å². The Morgan fingerprint density at radius 1 is 0.595 bits per heavy atom. The van der Waals surface area contributed by atoms with Crippen LogP contribution < -0.4 is 0 Å². The van der Waals surface area contributed by atoms with Crippen LogP contribution in [0.4, 0.5) is 13.2 Å². The van der Waals surface area contributed by atoms with Gasteiger partial charge in [0.25, 0.3) is 0 Å². The van der Waals surface area contributed by atoms with Crippen LogP contribution in [0.3, 0.4) is 0 Å². The van der Waals surface area contributed by atoms with Crippen LogP contribution in [-0.4, -0.2) is 9.55 Å². The van der Waals surface area contributed by atoms with E-state index in [9.17, 15) is 13.2 Å². The molecule has 0 saturated heterocycles. The molecule has 0 saturated carbocycles. The van der Waals surface area contributed by atoms with E-state index in [1.807, 2.05) is 83.4 Å². The van der Waals surface area contributed by atoms with Crippen molar-refractivity contribution < 1.29 is 17.6 Å². The number of rotatable bonds is 3. The molecule has 8 aromatic rings. The van der Waals surface area contributed by atoms with Gasteiger partial charge in [-0.3, -0.25) is 4.57 Å². The predicted molar refractivity (Wildman–Crippen MR) is 162 cm³/mol. The quantitative estimate of drug-likeness (QED) is 0.203. The molecule has 6 heteroatoms. The van der Waals surface area contributed by atoms with E-state index in [1.165, 1.54) is 12.1 Å². The van der Waals surface area contributed by atoms with Gasteiger partial charge in [-0.1, -0.05) is 84.9 Å². The highest BCUT2D eigenvalue weighted by Crippen LogP contribution is 2.40. The van der Waals surface area contributed by atoms with Crippen molar-refractivity contribution in [3.05, 3.63) is 133 Å². The second-order valence-electron chi connectivity index (χ2n) is 10.4. The predicted octanol–water partition coefficient (Wildman–Crippen LogP) is 10.4. The van der Waals surface area contributed by atoms with Crippen molar-refractivity contribution in [3.8, 4) is 28.2 Å². The normalized spacial score (nSPS) is 12.2. The van der Waals surface area contributed by atoms with Gasteiger partial charge in [-0.25, -0.2) is 4.98 Å². The van der Waals surface area contributed by atoms with Crippen LogP contribution >= 0.6 is 0 Å². The average molecular weight is 555 g/mol. The van der Waals surface area contributed by atoms with Crippen molar-refractivity contribution >= 4 is 43.5 Å². The smallest absolute Gasteiger partial charge is 0.416 e. The molecule has 8 rings (SSSR count). The molecule has 0 fully saturated rings. The van der Waals surface area contributed by atoms with Crippen molar-refractivity contribution in [3.63, 3.8) is 0 Å². The standard InChI is InChI=1S/C36H21F3N2O/c37-36(38,39)26-15-17-27(18-16-26)41-34-31-8-4-2-6-29(31)28-5-1-3-7-30(28)33(34)40-35(41)24-12-9-22(10-13-24)25-14-11-23-19-20-42-32(23)21-25/h1-21H. The lowest BCUT2D eigenvalue weighted by atomic mass is 10.00. The molecular weight excluding hydrogens is 533 g/mol. The molecule has 0 N–H and O–H groups in total. The topological polar surface area (TPSA) is 31.0 Å². The fourth-order valence-electron chi connectivity index (χ4n) is 5.90. The maximum atomic E-state index is 13.5. The van der Waals surface area contributed by atoms with E-state index in [-0.39, 0.29) is 0 Å². The Labute approximate surface area is 238 Å². The average Bonchev–Trinajstić information content (AvgIpc) is 3.66. The van der Waals surface area contributed by atoms with E-state index in [2.05, 4.69) is 18.2 Å². The zero-order valence-electron chi connectivity index (χ0n) is 22.1. The molecule has 0 amide bonds. The first kappa shape index (κ1) is 24.4. The molecule has 42 heavy (non-hydrogen) atoms. The van der Waals surface area contributed by atoms with Crippen LogP contribution in [0.25, 0.3) is 71.7 Å². The van der Waals surface area contributed by atoms with Crippen molar-refractivity contribution in [2.75, 3.05) is 0 Å². The molecule has 0 bridgehead atoms. The molecule has 0 spiro atoms. The van der Waals surface area contributed by atoms with Gasteiger partial charge in [0, 0.05) is 27.4 Å². The van der Waals surface area contributed by atoms with Crippen LogP contribution in [0, 0.1) is 0 Å². The third kappa shape index (κ3) is 3.79. The van der Waals surface area contributed by atoms with Gasteiger partial charge in [0.05, 0.1) is 22.9 Å². The number of aromatic nitrogens is 2. The molecule has 0 aliphatic carbocycles. The Balaban J connectivity index is 1.39. The first-order valence-electron chi connectivity index (χ1n) is 13.5. The van der Waals surface area contributed by atoms with Crippen molar-refractivity contribution in [2.45, 2.75) is 6.18 Å². The van der Waals surface area contributed by atoms with Gasteiger partial charge in [0.15, 0.2) is 0 Å². The van der Waals surface area contributed by atoms with Crippen LogP contribution in [0.2, 0.25) is 0 Å². The maximum absolute atomic E-state index is 13.5. The first-order chi connectivity index (χ1) is 20.5. The number of hydrogen-bond donors (Lipinski definition) is 0. The third-order valence-corrected chi connectivity index (χ3v) is 7.92. The number of hydrogen-bond acceptors (Lipinski definition) is 2. The van der Waals surface area contributed by atoms with Gasteiger partial charge in [0.1, 0.15) is 11.4 Å². The second-order valence-corrected chi connectivity index (χ2v) is 10.4. The molecule has 0 aliphatic rings. The van der Waals surface area contributed by atoms with Crippen LogP contribution in [0.15, 0.2) is 132 Å². The highest BCUT2D eigenvalue weighted by Gasteiger charge is 2.30. The Bertz CT molecular complexity index is 2280. The number of halogens is 3. The molecule has 0 unspecified atom stereocenters. The summed E-state index contributed by atoms with van der Waals surface area (Å²) in [6, 6.07) is 37.6. The number of benzene rings is 6. The SMILES string of the molecule is FC(F)(F)c1ccc(-n2c(-c3ccc(-c4ccc5ccoc5c4)cc3)nc3c4ccccc4c4ccccc4c32)cc1. The van der Waals surface area contributed by atoms with E-state index in [4.69, 9.17) is 9.40 Å². The molecule has 0 radical (unpaired) electrons. The van der Waals surface area contributed by atoms with E-state index in [1.54, 1.807) is 6.26 Å². The van der Waals surface area contributed by atoms with E-state index < -0.39 is 11.7 Å². The minimum atomic E-state index is -4.42. The summed E-state index contributed by atoms with van der Waals surface area (Å²) in [4.78, 5) is 5.17. The minimum absolute atomic E-state index is 0.605. The van der Waals surface area contributed by atoms with Gasteiger partial charge in [-0.05, 0) is 58.3 Å². The summed E-state index contributed by atoms with van der Waals surface area (Å²) in [7, 11) is 0. The fraction of sp³-hybridized carbons (Fsp3) is 0.0278. The molecule has 202 valence electrons. The highest BCUT2D eigenvalue weighted by molar-refractivity contribution is 6.24. The Morgan fingerprint density at radius 3 is 1.93 bits per heavy atom. The van der Waals surface area contributed by atoms with Crippen LogP contribution in [0.5, 0.6) is 0 Å². The van der Waals surface area contributed by atoms with Gasteiger partial charge < -0.3 is 4.42 Å². The minimum Gasteiger partial charge on any atom is -0.464 e. The maximum Gasteiger partial charge on any atom is 0.416 e. The van der Waals surface area contributed by atoms with Gasteiger partial charge in [0.2, 0.25) is 0 Å². The van der Waals surface area contributed by atoms with E-state index in [0.29, 0.717) is 11.5 Å². The number of imidazole rings is 1. The summed E-state index contributed by atoms with van der Waals surface area (Å²) in [5.41, 5.74) is 5.28. The number of furan rings is 1. The lowest BCUT2D eigenvalue weighted by molar-refractivity contribution is -0.137. The molecule has 2 heterocycles. The van der Waals surface area contributed by atoms with Gasteiger partial charge in [-0.2, -0.15) is 13.2 Å². The molecule has 0 aliphatic heterocycles. The van der Waals surface area contributed by atoms with Crippen molar-refractivity contribution in [1.29, 1.82) is 0 Å². The third-order valence-electron chi connectivity index (χ3n) is 7.92. The molecule has 3 nitrogen and oxygen atoms in total. The lowest BCUT2D eigenvalue weighted by Gasteiger charge is -2.14. The highest BCUT2D eigenvalue weighted by atomic mass is 19.4. The fourth-order valence-corrected chi connectivity index (χ4v) is 5.90. The van der Waals surface area contributed by atoms with E-state index in [0.717, 1.165) is 72.4 Å². The Hall–Kier alpha value is -5.36. The molecule has 0 atom stereocenters. The summed E-state index contributed by atoms with van der Waals surface area (Å²) < 4.78 is 48.0. The summed E-state index contributed by atoms with van der Waals surface area (Å²) in [6.45, 7) is 0. The van der Waals surface area contributed by atoms with Crippen molar-refractivity contribution in [1.82, 2.24) is 9.55 Å². The first-order valence-corrected chi connectivity index (χ1v) is 13.5. The zero-order chi connectivity index (χ0) is 28.4. The molecule has 6 aromatic carbocycles. The summed E-state index contributed by atoms with van der Waals surface area (Å²) in [5, 5.41) is 5.14. The Morgan fingerprint density at radius 2 is 1.21 bits per heavy atom. The molecule has 2 aromatic heterocycles. The van der Waals surface area contributed by atoms with Crippen molar-refractivity contribution in [2.24, 2.45) is 0 Å². The summed E-state index contributed by atoms with van der Waals surface area (Å²) >= 11 is 0. The summed E-state index contributed by atoms with van der Waals surface area (Å²) in [6.07, 6.45) is -2.74. The second kappa shape index (κ2) is 9.08. The molecular formula is C36H21F3N2O. The van der Waals surface area contributed by atoms with Gasteiger partial charge in [-0.15, -0.1) is 0 Å². The number of fused-ring (bicyclic) bond motifs is 7. The number of alkyl halides is 3. The van der Waals surface area contributed by atoms with E-state index >= 15 is 0 Å². The van der Waals surface area contributed by atoms with Crippen LogP contribution in [0.1, 0.15) is 5.56 Å². The zero-order valence-corrected chi connectivity index (χ0v) is 22.1. The summed E-state index contributed by atoms with van der Waals surface area (Å²) in [5.74, 6) is 0.652.